The van der Waals surface area contributed by atoms with E-state index in [0.717, 1.165) is 16.9 Å². The smallest absolute Gasteiger partial charge is 0.306 e. The first kappa shape index (κ1) is 31.3. The Balaban J connectivity index is 1.81. The van der Waals surface area contributed by atoms with Crippen molar-refractivity contribution in [2.24, 2.45) is 5.92 Å². The number of hydrogen-bond acceptors (Lipinski definition) is 6. The maximum atomic E-state index is 12.7. The van der Waals surface area contributed by atoms with E-state index >= 15 is 0 Å². The van der Waals surface area contributed by atoms with Gasteiger partial charge in [0.25, 0.3) is 0 Å². The van der Waals surface area contributed by atoms with Crippen molar-refractivity contribution in [1.29, 1.82) is 0 Å². The topological polar surface area (TPSA) is 114 Å². The Morgan fingerprint density at radius 2 is 1.72 bits per heavy atom. The molecule has 210 valence electrons. The number of nitrogens with one attached hydrogen (secondary N) is 2. The molecule has 3 atom stereocenters. The molecular weight excluding hydrogens is 496 g/mol. The third-order valence-corrected chi connectivity index (χ3v) is 5.94. The molecule has 2 aromatic rings. The van der Waals surface area contributed by atoms with Crippen LogP contribution in [-0.2, 0) is 32.1 Å². The van der Waals surface area contributed by atoms with Gasteiger partial charge in [-0.2, -0.15) is 0 Å². The molecule has 0 radical (unpaired) electrons. The minimum Gasteiger partial charge on any atom is -0.489 e. The summed E-state index contributed by atoms with van der Waals surface area (Å²) in [4.78, 5) is 37.1. The van der Waals surface area contributed by atoms with E-state index in [1.165, 1.54) is 0 Å². The summed E-state index contributed by atoms with van der Waals surface area (Å²) in [7, 11) is 0. The van der Waals surface area contributed by atoms with Gasteiger partial charge in [-0.1, -0.05) is 54.6 Å². The van der Waals surface area contributed by atoms with Crippen molar-refractivity contribution in [3.05, 3.63) is 91.0 Å². The molecule has 39 heavy (non-hydrogen) atoms. The summed E-state index contributed by atoms with van der Waals surface area (Å²) < 4.78 is 11.1. The maximum Gasteiger partial charge on any atom is 0.306 e. The molecule has 0 saturated carbocycles. The van der Waals surface area contributed by atoms with Gasteiger partial charge >= 0.3 is 5.97 Å². The summed E-state index contributed by atoms with van der Waals surface area (Å²) in [5, 5.41) is 15.4. The van der Waals surface area contributed by atoms with Crippen LogP contribution in [0.4, 0.5) is 0 Å². The minimum atomic E-state index is -0.633. The molecule has 0 bridgehead atoms. The van der Waals surface area contributed by atoms with E-state index in [-0.39, 0.29) is 43.8 Å². The van der Waals surface area contributed by atoms with Crippen LogP contribution in [0.15, 0.2) is 79.9 Å². The Morgan fingerprint density at radius 3 is 2.36 bits per heavy atom. The Bertz CT molecular complexity index is 1050. The lowest BCUT2D eigenvalue weighted by Crippen LogP contribution is -2.42. The van der Waals surface area contributed by atoms with Crippen molar-refractivity contribution in [2.75, 3.05) is 13.2 Å². The second-order valence-electron chi connectivity index (χ2n) is 9.37. The fourth-order valence-corrected chi connectivity index (χ4v) is 3.84. The second-order valence-corrected chi connectivity index (χ2v) is 9.37. The summed E-state index contributed by atoms with van der Waals surface area (Å²) in [6.45, 7) is 9.30. The highest BCUT2D eigenvalue weighted by molar-refractivity contribution is 5.86. The monoisotopic (exact) mass is 536 g/mol. The number of hydrogen-bond donors (Lipinski definition) is 3. The van der Waals surface area contributed by atoms with Crippen LogP contribution in [0.3, 0.4) is 0 Å². The van der Waals surface area contributed by atoms with Crippen LogP contribution in [0.5, 0.6) is 5.75 Å². The van der Waals surface area contributed by atoms with Crippen LogP contribution in [0.1, 0.15) is 43.7 Å². The van der Waals surface area contributed by atoms with Gasteiger partial charge in [0.05, 0.1) is 25.1 Å². The molecule has 0 aliphatic carbocycles. The van der Waals surface area contributed by atoms with Gasteiger partial charge in [-0.25, -0.2) is 0 Å². The second kappa shape index (κ2) is 17.6. The first-order valence-corrected chi connectivity index (χ1v) is 13.2. The molecule has 2 aromatic carbocycles. The van der Waals surface area contributed by atoms with Crippen molar-refractivity contribution in [2.45, 2.75) is 57.8 Å². The van der Waals surface area contributed by atoms with E-state index in [2.05, 4.69) is 23.8 Å². The number of ether oxygens (including phenoxy) is 2. The lowest BCUT2D eigenvalue weighted by molar-refractivity contribution is -0.148. The molecule has 0 saturated heterocycles. The van der Waals surface area contributed by atoms with Crippen LogP contribution >= 0.6 is 0 Å². The van der Waals surface area contributed by atoms with E-state index in [9.17, 15) is 19.5 Å². The normalized spacial score (nSPS) is 12.9. The minimum absolute atomic E-state index is 0.0614. The van der Waals surface area contributed by atoms with Gasteiger partial charge in [0, 0.05) is 12.8 Å². The first-order chi connectivity index (χ1) is 18.8. The highest BCUT2D eigenvalue weighted by Crippen LogP contribution is 2.16. The van der Waals surface area contributed by atoms with Crippen LogP contribution in [0, 0.1) is 5.92 Å². The number of carbonyl (C=O) groups is 3. The summed E-state index contributed by atoms with van der Waals surface area (Å²) in [6, 6.07) is 16.9. The predicted octanol–water partition coefficient (Wildman–Crippen LogP) is 3.88. The van der Waals surface area contributed by atoms with Crippen LogP contribution in [0.2, 0.25) is 0 Å². The van der Waals surface area contributed by atoms with Gasteiger partial charge in [0.2, 0.25) is 11.8 Å². The van der Waals surface area contributed by atoms with Crippen molar-refractivity contribution < 1.29 is 29.0 Å². The summed E-state index contributed by atoms with van der Waals surface area (Å²) in [6.07, 6.45) is 4.15. The van der Waals surface area contributed by atoms with Gasteiger partial charge in [0.1, 0.15) is 18.5 Å². The zero-order chi connectivity index (χ0) is 28.5. The van der Waals surface area contributed by atoms with Crippen LogP contribution in [-0.4, -0.2) is 48.2 Å². The Labute approximate surface area is 231 Å². The first-order valence-electron chi connectivity index (χ1n) is 13.2. The van der Waals surface area contributed by atoms with E-state index < -0.39 is 18.1 Å². The van der Waals surface area contributed by atoms with Crippen molar-refractivity contribution in [3.63, 3.8) is 0 Å². The third kappa shape index (κ3) is 12.5. The van der Waals surface area contributed by atoms with Gasteiger partial charge in [-0.15, -0.1) is 13.2 Å². The van der Waals surface area contributed by atoms with E-state index in [0.29, 0.717) is 25.9 Å². The molecule has 8 heteroatoms. The van der Waals surface area contributed by atoms with Crippen LogP contribution < -0.4 is 15.4 Å². The van der Waals surface area contributed by atoms with Gasteiger partial charge in [-0.3, -0.25) is 14.4 Å². The van der Waals surface area contributed by atoms with Gasteiger partial charge in [0.15, 0.2) is 0 Å². The number of amides is 2. The quantitative estimate of drug-likeness (QED) is 0.197. The fourth-order valence-electron chi connectivity index (χ4n) is 3.84. The standard InChI is InChI=1S/C31H40N2O6/c1-4-6-13-30(36)39-23(3)20-32-31(37)26(10-5-2)19-29(35)33-27(21-34)18-24-14-16-28(17-15-24)38-22-25-11-8-7-9-12-25/h4-5,7-9,11-12,14-17,23,26-27,34H,1-2,6,10,13,18-22H2,3H3,(H,32,37)(H,33,35). The average Bonchev–Trinajstić information content (AvgIpc) is 2.94. The number of carbonyl (C=O) groups excluding carboxylic acids is 3. The molecule has 0 aliphatic heterocycles. The lowest BCUT2D eigenvalue weighted by Gasteiger charge is -2.20. The van der Waals surface area contributed by atoms with E-state index in [1.54, 1.807) is 19.1 Å². The molecule has 0 fully saturated rings. The molecule has 8 nitrogen and oxygen atoms in total. The van der Waals surface area contributed by atoms with Gasteiger partial charge in [-0.05, 0) is 49.4 Å². The van der Waals surface area contributed by atoms with E-state index in [4.69, 9.17) is 9.47 Å². The number of benzene rings is 2. The van der Waals surface area contributed by atoms with Crippen LogP contribution in [0.25, 0.3) is 0 Å². The van der Waals surface area contributed by atoms with Crippen molar-refractivity contribution >= 4 is 17.8 Å². The molecule has 0 aliphatic rings. The zero-order valence-electron chi connectivity index (χ0n) is 22.6. The largest absolute Gasteiger partial charge is 0.489 e. The zero-order valence-corrected chi connectivity index (χ0v) is 22.6. The molecule has 0 heterocycles. The molecule has 0 spiro atoms. The van der Waals surface area contributed by atoms with Gasteiger partial charge < -0.3 is 25.2 Å². The number of esters is 1. The van der Waals surface area contributed by atoms with Crippen molar-refractivity contribution in [1.82, 2.24) is 10.6 Å². The number of allylic oxidation sites excluding steroid dienone is 2. The van der Waals surface area contributed by atoms with E-state index in [1.807, 2.05) is 54.6 Å². The summed E-state index contributed by atoms with van der Waals surface area (Å²) in [5.74, 6) is -0.936. The lowest BCUT2D eigenvalue weighted by atomic mass is 9.99. The third-order valence-electron chi connectivity index (χ3n) is 5.94. The highest BCUT2D eigenvalue weighted by atomic mass is 16.5. The SMILES string of the molecule is C=CCCC(=O)OC(C)CNC(=O)C(CC=C)CC(=O)NC(CO)Cc1ccc(OCc2ccccc2)cc1. The average molecular weight is 537 g/mol. The Hall–Kier alpha value is -3.91. The molecule has 2 rings (SSSR count). The Morgan fingerprint density at radius 1 is 1.00 bits per heavy atom. The summed E-state index contributed by atoms with van der Waals surface area (Å²) in [5.41, 5.74) is 2.00. The number of rotatable bonds is 18. The van der Waals surface area contributed by atoms with Crippen molar-refractivity contribution in [3.8, 4) is 5.75 Å². The number of aliphatic hydroxyl groups is 1. The molecular formula is C31H40N2O6. The highest BCUT2D eigenvalue weighted by Gasteiger charge is 2.23. The number of aliphatic hydroxyl groups excluding tert-OH is 1. The molecule has 0 aromatic heterocycles. The predicted molar refractivity (Wildman–Crippen MR) is 151 cm³/mol. The molecule has 3 unspecified atom stereocenters. The molecule has 2 amide bonds. The Kier molecular flexibility index (Phi) is 14.1. The molecule has 3 N–H and O–H groups in total. The maximum absolute atomic E-state index is 12.7. The fraction of sp³-hybridized carbons (Fsp3) is 0.387. The summed E-state index contributed by atoms with van der Waals surface area (Å²) >= 11 is 0.